The van der Waals surface area contributed by atoms with Crippen LogP contribution in [0.4, 0.5) is 10.5 Å². The van der Waals surface area contributed by atoms with Gasteiger partial charge in [0.25, 0.3) is 0 Å². The lowest BCUT2D eigenvalue weighted by Gasteiger charge is -2.31. The summed E-state index contributed by atoms with van der Waals surface area (Å²) in [6.45, 7) is 4.56. The van der Waals surface area contributed by atoms with Crippen molar-refractivity contribution in [2.75, 3.05) is 19.5 Å². The molecule has 6 nitrogen and oxygen atoms in total. The van der Waals surface area contributed by atoms with Crippen LogP contribution in [-0.2, 0) is 6.54 Å². The number of urea groups is 1. The number of aromatic nitrogens is 1. The van der Waals surface area contributed by atoms with E-state index in [4.69, 9.17) is 9.47 Å². The minimum absolute atomic E-state index is 0.169. The first kappa shape index (κ1) is 22.6. The fraction of sp³-hybridized carbons (Fsp3) is 0.207. The number of carbonyl (C=O) groups excluding carboxylic acids is 1. The number of ether oxygens (including phenoxy) is 2. The maximum atomic E-state index is 13.9. The predicted molar refractivity (Wildman–Crippen MR) is 138 cm³/mol. The number of amides is 2. The van der Waals surface area contributed by atoms with Gasteiger partial charge in [0.2, 0.25) is 0 Å². The van der Waals surface area contributed by atoms with E-state index in [1.165, 1.54) is 5.56 Å². The SMILES string of the molecule is COc1ccc([C@@H]2c3cccn3-c3ccccc3CN2C(=O)Nc2ccc(C)c(C)c2)cc1OC. The van der Waals surface area contributed by atoms with Crippen LogP contribution in [0.5, 0.6) is 11.5 Å². The number of para-hydroxylation sites is 1. The summed E-state index contributed by atoms with van der Waals surface area (Å²) in [5.41, 5.74) is 7.17. The molecule has 0 radical (unpaired) electrons. The van der Waals surface area contributed by atoms with Gasteiger partial charge in [0.1, 0.15) is 0 Å². The van der Waals surface area contributed by atoms with Crippen LogP contribution in [0.25, 0.3) is 5.69 Å². The molecule has 1 aliphatic heterocycles. The highest BCUT2D eigenvalue weighted by Crippen LogP contribution is 2.39. The van der Waals surface area contributed by atoms with Crippen molar-refractivity contribution in [2.24, 2.45) is 0 Å². The number of fused-ring (bicyclic) bond motifs is 3. The van der Waals surface area contributed by atoms with E-state index < -0.39 is 0 Å². The summed E-state index contributed by atoms with van der Waals surface area (Å²) in [5, 5.41) is 3.13. The second kappa shape index (κ2) is 9.22. The van der Waals surface area contributed by atoms with Crippen molar-refractivity contribution in [3.05, 3.63) is 107 Å². The highest BCUT2D eigenvalue weighted by molar-refractivity contribution is 5.90. The third-order valence-electron chi connectivity index (χ3n) is 6.71. The lowest BCUT2D eigenvalue weighted by molar-refractivity contribution is 0.194. The number of anilines is 1. The highest BCUT2D eigenvalue weighted by Gasteiger charge is 2.33. The topological polar surface area (TPSA) is 55.7 Å². The average Bonchev–Trinajstić information content (AvgIpc) is 3.30. The van der Waals surface area contributed by atoms with Crippen molar-refractivity contribution in [3.8, 4) is 17.2 Å². The second-order valence-corrected chi connectivity index (χ2v) is 8.81. The molecule has 0 bridgehead atoms. The van der Waals surface area contributed by atoms with Gasteiger partial charge in [-0.1, -0.05) is 30.3 Å². The summed E-state index contributed by atoms with van der Waals surface area (Å²) in [7, 11) is 3.24. The zero-order valence-corrected chi connectivity index (χ0v) is 20.4. The van der Waals surface area contributed by atoms with Crippen molar-refractivity contribution in [2.45, 2.75) is 26.4 Å². The van der Waals surface area contributed by atoms with Gasteiger partial charge in [0.05, 0.1) is 32.5 Å². The van der Waals surface area contributed by atoms with Crippen LogP contribution in [-0.4, -0.2) is 29.7 Å². The van der Waals surface area contributed by atoms with Crippen LogP contribution < -0.4 is 14.8 Å². The largest absolute Gasteiger partial charge is 0.493 e. The van der Waals surface area contributed by atoms with Gasteiger partial charge in [-0.25, -0.2) is 4.79 Å². The molecule has 35 heavy (non-hydrogen) atoms. The van der Waals surface area contributed by atoms with E-state index in [9.17, 15) is 4.79 Å². The number of methoxy groups -OCH3 is 2. The predicted octanol–water partition coefficient (Wildman–Crippen LogP) is 6.25. The van der Waals surface area contributed by atoms with E-state index in [-0.39, 0.29) is 12.1 Å². The number of carbonyl (C=O) groups is 1. The van der Waals surface area contributed by atoms with Crippen molar-refractivity contribution in [1.29, 1.82) is 0 Å². The average molecular weight is 468 g/mol. The highest BCUT2D eigenvalue weighted by atomic mass is 16.5. The molecule has 1 aliphatic rings. The molecule has 0 fully saturated rings. The van der Waals surface area contributed by atoms with Gasteiger partial charge in [-0.2, -0.15) is 0 Å². The Bertz CT molecular complexity index is 1390. The first-order valence-corrected chi connectivity index (χ1v) is 11.6. The molecule has 0 spiro atoms. The lowest BCUT2D eigenvalue weighted by Crippen LogP contribution is -2.38. The Morgan fingerprint density at radius 3 is 2.46 bits per heavy atom. The summed E-state index contributed by atoms with van der Waals surface area (Å²) in [5.74, 6) is 1.27. The number of nitrogens with zero attached hydrogens (tertiary/aromatic N) is 2. The minimum atomic E-state index is -0.344. The molecule has 1 N–H and O–H groups in total. The van der Waals surface area contributed by atoms with Gasteiger partial charge in [0, 0.05) is 17.6 Å². The van der Waals surface area contributed by atoms with Crippen LogP contribution in [0.15, 0.2) is 79.0 Å². The van der Waals surface area contributed by atoms with Crippen LogP contribution in [0.3, 0.4) is 0 Å². The molecule has 5 rings (SSSR count). The maximum absolute atomic E-state index is 13.9. The van der Waals surface area contributed by atoms with Gasteiger partial charge in [-0.3, -0.25) is 0 Å². The van der Waals surface area contributed by atoms with Crippen LogP contribution in [0, 0.1) is 13.8 Å². The molecule has 2 amide bonds. The van der Waals surface area contributed by atoms with E-state index in [2.05, 4.69) is 35.0 Å². The first-order chi connectivity index (χ1) is 17.0. The van der Waals surface area contributed by atoms with Gasteiger partial charge in [-0.15, -0.1) is 0 Å². The number of hydrogen-bond acceptors (Lipinski definition) is 3. The quantitative estimate of drug-likeness (QED) is 0.386. The molecular weight excluding hydrogens is 438 g/mol. The fourth-order valence-electron chi connectivity index (χ4n) is 4.73. The molecule has 178 valence electrons. The Labute approximate surface area is 205 Å². The number of hydrogen-bond donors (Lipinski definition) is 1. The maximum Gasteiger partial charge on any atom is 0.322 e. The Morgan fingerprint density at radius 2 is 1.69 bits per heavy atom. The third kappa shape index (κ3) is 4.12. The smallest absolute Gasteiger partial charge is 0.322 e. The van der Waals surface area contributed by atoms with Crippen molar-refractivity contribution in [3.63, 3.8) is 0 Å². The second-order valence-electron chi connectivity index (χ2n) is 8.81. The van der Waals surface area contributed by atoms with Crippen molar-refractivity contribution >= 4 is 11.7 Å². The Balaban J connectivity index is 1.64. The number of rotatable bonds is 4. The zero-order valence-electron chi connectivity index (χ0n) is 20.4. The van der Waals surface area contributed by atoms with Crippen molar-refractivity contribution < 1.29 is 14.3 Å². The molecule has 0 saturated heterocycles. The van der Waals surface area contributed by atoms with Gasteiger partial charge in [-0.05, 0) is 78.6 Å². The van der Waals surface area contributed by atoms with Crippen molar-refractivity contribution in [1.82, 2.24) is 9.47 Å². The van der Waals surface area contributed by atoms with E-state index >= 15 is 0 Å². The van der Waals surface area contributed by atoms with E-state index in [1.54, 1.807) is 14.2 Å². The summed E-state index contributed by atoms with van der Waals surface area (Å²) in [4.78, 5) is 15.8. The Kier molecular flexibility index (Phi) is 5.95. The summed E-state index contributed by atoms with van der Waals surface area (Å²) in [6, 6.07) is 23.6. The van der Waals surface area contributed by atoms with E-state index in [1.807, 2.05) is 72.6 Å². The molecule has 2 heterocycles. The molecule has 3 aromatic carbocycles. The Morgan fingerprint density at radius 1 is 0.886 bits per heavy atom. The zero-order chi connectivity index (χ0) is 24.5. The summed E-state index contributed by atoms with van der Waals surface area (Å²) in [6.07, 6.45) is 2.05. The van der Waals surface area contributed by atoms with Gasteiger partial charge < -0.3 is 24.3 Å². The fourth-order valence-corrected chi connectivity index (χ4v) is 4.73. The monoisotopic (exact) mass is 467 g/mol. The number of benzene rings is 3. The lowest BCUT2D eigenvalue weighted by atomic mass is 10.0. The van der Waals surface area contributed by atoms with Gasteiger partial charge >= 0.3 is 6.03 Å². The van der Waals surface area contributed by atoms with Gasteiger partial charge in [0.15, 0.2) is 11.5 Å². The molecule has 4 aromatic rings. The van der Waals surface area contributed by atoms with Crippen LogP contribution in [0.1, 0.15) is 34.0 Å². The van der Waals surface area contributed by atoms with Crippen LogP contribution in [0.2, 0.25) is 0 Å². The Hall–Kier alpha value is -4.19. The van der Waals surface area contributed by atoms with E-state index in [0.717, 1.165) is 33.8 Å². The standard InChI is InChI=1S/C29H29N3O3/c1-19-11-13-23(16-20(19)2)30-29(33)32-18-22-8-5-6-9-24(22)31-15-7-10-25(31)28(32)21-12-14-26(34-3)27(17-21)35-4/h5-17,28H,18H2,1-4H3,(H,30,33)/t28-/m1/s1. The molecule has 1 aromatic heterocycles. The molecule has 0 unspecified atom stereocenters. The summed E-state index contributed by atoms with van der Waals surface area (Å²) < 4.78 is 13.2. The molecule has 0 saturated carbocycles. The first-order valence-electron chi connectivity index (χ1n) is 11.6. The molecule has 0 aliphatic carbocycles. The van der Waals surface area contributed by atoms with Crippen LogP contribution >= 0.6 is 0 Å². The summed E-state index contributed by atoms with van der Waals surface area (Å²) >= 11 is 0. The normalized spacial score (nSPS) is 14.5. The molecular formula is C29H29N3O3. The molecule has 1 atom stereocenters. The van der Waals surface area contributed by atoms with E-state index in [0.29, 0.717) is 18.0 Å². The third-order valence-corrected chi connectivity index (χ3v) is 6.71. The molecule has 6 heteroatoms. The number of nitrogens with one attached hydrogen (secondary N) is 1. The number of aryl methyl sites for hydroxylation is 2. The minimum Gasteiger partial charge on any atom is -0.493 e.